The molecule has 3 aromatic heterocycles. The fraction of sp³-hybridized carbons (Fsp3) is 0.438. The van der Waals surface area contributed by atoms with E-state index in [0.717, 1.165) is 29.2 Å². The van der Waals surface area contributed by atoms with Crippen molar-refractivity contribution < 1.29 is 8.83 Å². The Hall–Kier alpha value is -1.60. The standard InChI is InChI=1S/C16H19N3O2S2/c1-10(2)4-5-14-17-12(8-22-14)9-23-16-19-18-15(21-16)13-6-7-20-11(13)3/h6-8,10H,4-5,9H2,1-3H3. The lowest BCUT2D eigenvalue weighted by molar-refractivity contribution is 0.463. The largest absolute Gasteiger partial charge is 0.469 e. The molecule has 0 saturated heterocycles. The van der Waals surface area contributed by atoms with Crippen LogP contribution in [-0.2, 0) is 12.2 Å². The van der Waals surface area contributed by atoms with Gasteiger partial charge in [-0.3, -0.25) is 0 Å². The molecule has 0 fully saturated rings. The average molecular weight is 349 g/mol. The van der Waals surface area contributed by atoms with Crippen molar-refractivity contribution in [1.29, 1.82) is 0 Å². The molecule has 0 aromatic carbocycles. The third kappa shape index (κ3) is 4.23. The zero-order valence-corrected chi connectivity index (χ0v) is 15.0. The first-order valence-corrected chi connectivity index (χ1v) is 9.42. The van der Waals surface area contributed by atoms with Gasteiger partial charge in [0.25, 0.3) is 11.1 Å². The Morgan fingerprint density at radius 3 is 2.91 bits per heavy atom. The van der Waals surface area contributed by atoms with E-state index in [9.17, 15) is 0 Å². The van der Waals surface area contributed by atoms with Crippen LogP contribution in [0, 0.1) is 12.8 Å². The van der Waals surface area contributed by atoms with Crippen LogP contribution >= 0.6 is 23.1 Å². The topological polar surface area (TPSA) is 65.0 Å². The fourth-order valence-corrected chi connectivity index (χ4v) is 3.64. The second kappa shape index (κ2) is 7.31. The highest BCUT2D eigenvalue weighted by Crippen LogP contribution is 2.28. The first kappa shape index (κ1) is 16.3. The van der Waals surface area contributed by atoms with Crippen LogP contribution in [0.15, 0.2) is 31.8 Å². The Kier molecular flexibility index (Phi) is 5.17. The molecule has 0 bridgehead atoms. The number of hydrogen-bond donors (Lipinski definition) is 0. The monoisotopic (exact) mass is 349 g/mol. The van der Waals surface area contributed by atoms with Gasteiger partial charge in [-0.25, -0.2) is 4.98 Å². The van der Waals surface area contributed by atoms with Crippen LogP contribution in [0.2, 0.25) is 0 Å². The zero-order valence-electron chi connectivity index (χ0n) is 13.4. The molecule has 122 valence electrons. The van der Waals surface area contributed by atoms with E-state index in [0.29, 0.717) is 17.0 Å². The normalized spacial score (nSPS) is 11.5. The summed E-state index contributed by atoms with van der Waals surface area (Å²) < 4.78 is 10.9. The van der Waals surface area contributed by atoms with Crippen LogP contribution in [-0.4, -0.2) is 15.2 Å². The molecular formula is C16H19N3O2S2. The zero-order chi connectivity index (χ0) is 16.2. The minimum Gasteiger partial charge on any atom is -0.469 e. The SMILES string of the molecule is Cc1occc1-c1nnc(SCc2csc(CCC(C)C)n2)o1. The van der Waals surface area contributed by atoms with E-state index in [1.807, 2.05) is 13.0 Å². The first-order valence-electron chi connectivity index (χ1n) is 7.56. The van der Waals surface area contributed by atoms with E-state index in [4.69, 9.17) is 8.83 Å². The van der Waals surface area contributed by atoms with Crippen molar-refractivity contribution in [2.75, 3.05) is 0 Å². The van der Waals surface area contributed by atoms with Gasteiger partial charge >= 0.3 is 0 Å². The molecule has 3 heterocycles. The minimum atomic E-state index is 0.495. The third-order valence-electron chi connectivity index (χ3n) is 3.37. The molecule has 0 aliphatic heterocycles. The maximum absolute atomic E-state index is 5.67. The van der Waals surface area contributed by atoms with Crippen molar-refractivity contribution in [1.82, 2.24) is 15.2 Å². The van der Waals surface area contributed by atoms with Crippen molar-refractivity contribution in [3.63, 3.8) is 0 Å². The molecule has 3 rings (SSSR count). The van der Waals surface area contributed by atoms with Gasteiger partial charge in [0.2, 0.25) is 0 Å². The van der Waals surface area contributed by atoms with E-state index >= 15 is 0 Å². The molecular weight excluding hydrogens is 330 g/mol. The van der Waals surface area contributed by atoms with E-state index in [1.165, 1.54) is 23.2 Å². The molecule has 0 saturated carbocycles. The van der Waals surface area contributed by atoms with Crippen LogP contribution < -0.4 is 0 Å². The average Bonchev–Trinajstić information content (AvgIpc) is 3.23. The highest BCUT2D eigenvalue weighted by Gasteiger charge is 2.14. The van der Waals surface area contributed by atoms with Crippen molar-refractivity contribution in [2.45, 2.75) is 44.6 Å². The van der Waals surface area contributed by atoms with Gasteiger partial charge < -0.3 is 8.83 Å². The highest BCUT2D eigenvalue weighted by atomic mass is 32.2. The molecule has 0 N–H and O–H groups in total. The Morgan fingerprint density at radius 2 is 2.17 bits per heavy atom. The van der Waals surface area contributed by atoms with Gasteiger partial charge in [-0.2, -0.15) is 0 Å². The van der Waals surface area contributed by atoms with Gasteiger partial charge in [-0.15, -0.1) is 21.5 Å². The Labute approximate surface area is 143 Å². The maximum Gasteiger partial charge on any atom is 0.277 e. The van der Waals surface area contributed by atoms with E-state index in [1.54, 1.807) is 17.6 Å². The molecule has 7 heteroatoms. The number of aryl methyl sites for hydroxylation is 2. The molecule has 0 aliphatic carbocycles. The number of nitrogens with zero attached hydrogens (tertiary/aromatic N) is 3. The number of thioether (sulfide) groups is 1. The van der Waals surface area contributed by atoms with E-state index in [2.05, 4.69) is 34.4 Å². The number of furan rings is 1. The molecule has 23 heavy (non-hydrogen) atoms. The summed E-state index contributed by atoms with van der Waals surface area (Å²) in [6.07, 6.45) is 3.85. The number of aromatic nitrogens is 3. The minimum absolute atomic E-state index is 0.495. The first-order chi connectivity index (χ1) is 11.1. The van der Waals surface area contributed by atoms with Gasteiger partial charge in [0.05, 0.1) is 22.5 Å². The van der Waals surface area contributed by atoms with Gasteiger partial charge in [0.15, 0.2) is 0 Å². The Bertz CT molecular complexity index is 761. The van der Waals surface area contributed by atoms with Gasteiger partial charge in [0.1, 0.15) is 5.76 Å². The lowest BCUT2D eigenvalue weighted by atomic mass is 10.1. The van der Waals surface area contributed by atoms with Crippen LogP contribution in [0.4, 0.5) is 0 Å². The predicted molar refractivity (Wildman–Crippen MR) is 91.6 cm³/mol. The quantitative estimate of drug-likeness (QED) is 0.561. The van der Waals surface area contributed by atoms with Crippen LogP contribution in [0.25, 0.3) is 11.5 Å². The number of hydrogen-bond acceptors (Lipinski definition) is 7. The van der Waals surface area contributed by atoms with Crippen molar-refractivity contribution >= 4 is 23.1 Å². The molecule has 0 spiro atoms. The van der Waals surface area contributed by atoms with Crippen LogP contribution in [0.3, 0.4) is 0 Å². The van der Waals surface area contributed by atoms with E-state index < -0.39 is 0 Å². The van der Waals surface area contributed by atoms with Crippen molar-refractivity contribution in [2.24, 2.45) is 5.92 Å². The molecule has 0 aliphatic rings. The summed E-state index contributed by atoms with van der Waals surface area (Å²) in [5.74, 6) is 2.72. The van der Waals surface area contributed by atoms with Crippen molar-refractivity contribution in [3.05, 3.63) is 34.2 Å². The second-order valence-electron chi connectivity index (χ2n) is 5.72. The van der Waals surface area contributed by atoms with E-state index in [-0.39, 0.29) is 0 Å². The smallest absolute Gasteiger partial charge is 0.277 e. The van der Waals surface area contributed by atoms with Crippen LogP contribution in [0.5, 0.6) is 0 Å². The van der Waals surface area contributed by atoms with Gasteiger partial charge in [-0.05, 0) is 31.7 Å². The summed E-state index contributed by atoms with van der Waals surface area (Å²) in [6.45, 7) is 6.35. The summed E-state index contributed by atoms with van der Waals surface area (Å²) in [7, 11) is 0. The van der Waals surface area contributed by atoms with Gasteiger partial charge in [0, 0.05) is 11.1 Å². The summed E-state index contributed by atoms with van der Waals surface area (Å²) in [6, 6.07) is 1.83. The van der Waals surface area contributed by atoms with Crippen molar-refractivity contribution in [3.8, 4) is 11.5 Å². The maximum atomic E-state index is 5.67. The number of rotatable bonds is 7. The molecule has 0 atom stereocenters. The number of thiazole rings is 1. The Morgan fingerprint density at radius 1 is 1.30 bits per heavy atom. The lowest BCUT2D eigenvalue weighted by Gasteiger charge is -2.00. The lowest BCUT2D eigenvalue weighted by Crippen LogP contribution is -1.92. The van der Waals surface area contributed by atoms with Crippen LogP contribution in [0.1, 0.15) is 36.7 Å². The fourth-order valence-electron chi connectivity index (χ4n) is 2.06. The summed E-state index contributed by atoms with van der Waals surface area (Å²) >= 11 is 3.24. The summed E-state index contributed by atoms with van der Waals surface area (Å²) in [5.41, 5.74) is 1.91. The summed E-state index contributed by atoms with van der Waals surface area (Å²) in [5, 5.41) is 12.0. The predicted octanol–water partition coefficient (Wildman–Crippen LogP) is 4.98. The summed E-state index contributed by atoms with van der Waals surface area (Å²) in [4.78, 5) is 4.66. The molecule has 0 amide bonds. The molecule has 0 radical (unpaired) electrons. The highest BCUT2D eigenvalue weighted by molar-refractivity contribution is 7.98. The molecule has 3 aromatic rings. The van der Waals surface area contributed by atoms with Gasteiger partial charge in [-0.1, -0.05) is 25.6 Å². The Balaban J connectivity index is 1.57. The third-order valence-corrected chi connectivity index (χ3v) is 5.18. The molecule has 0 unspecified atom stereocenters. The second-order valence-corrected chi connectivity index (χ2v) is 7.59. The molecule has 5 nitrogen and oxygen atoms in total.